The van der Waals surface area contributed by atoms with Crippen molar-refractivity contribution in [2.45, 2.75) is 32.2 Å². The highest BCUT2D eigenvalue weighted by atomic mass is 16.5. The zero-order valence-corrected chi connectivity index (χ0v) is 8.45. The molecule has 1 aromatic heterocycles. The minimum Gasteiger partial charge on any atom is -0.377 e. The molecule has 0 atom stereocenters. The minimum absolute atomic E-state index is 0.197. The van der Waals surface area contributed by atoms with E-state index in [0.717, 1.165) is 13.2 Å². The molecule has 2 rings (SSSR count). The van der Waals surface area contributed by atoms with Crippen LogP contribution in [0, 0.1) is 0 Å². The molecule has 0 radical (unpaired) electrons. The second-order valence-electron chi connectivity index (χ2n) is 4.65. The highest BCUT2D eigenvalue weighted by molar-refractivity contribution is 5.15. The molecule has 0 bridgehead atoms. The number of hydrogen-bond acceptors (Lipinski definition) is 2. The van der Waals surface area contributed by atoms with Crippen LogP contribution in [0.1, 0.15) is 32.4 Å². The van der Waals surface area contributed by atoms with Crippen LogP contribution in [0.15, 0.2) is 12.4 Å². The fraction of sp³-hybridized carbons (Fsp3) is 0.700. The largest absolute Gasteiger partial charge is 0.377 e. The molecule has 0 amide bonds. The van der Waals surface area contributed by atoms with Gasteiger partial charge in [-0.25, -0.2) is 0 Å². The molecule has 72 valence electrons. The number of ether oxygens (including phenoxy) is 1. The number of nitrogens with zero attached hydrogens (tertiary/aromatic N) is 2. The van der Waals surface area contributed by atoms with Gasteiger partial charge in [0.2, 0.25) is 0 Å². The number of hydrogen-bond donors (Lipinski definition) is 0. The summed E-state index contributed by atoms with van der Waals surface area (Å²) in [5.74, 6) is 0. The number of aromatic nitrogens is 2. The quantitative estimate of drug-likeness (QED) is 0.658. The molecule has 3 heteroatoms. The molecule has 1 saturated heterocycles. The Kier molecular flexibility index (Phi) is 1.91. The summed E-state index contributed by atoms with van der Waals surface area (Å²) in [5, 5.41) is 4.34. The van der Waals surface area contributed by atoms with Gasteiger partial charge in [0.05, 0.1) is 25.5 Å². The summed E-state index contributed by atoms with van der Waals surface area (Å²) in [6, 6.07) is 0.469. The minimum atomic E-state index is 0.197. The van der Waals surface area contributed by atoms with Crippen LogP contribution >= 0.6 is 0 Å². The predicted molar refractivity (Wildman–Crippen MR) is 50.8 cm³/mol. The first kappa shape index (κ1) is 8.75. The molecule has 0 unspecified atom stereocenters. The third kappa shape index (κ3) is 1.61. The van der Waals surface area contributed by atoms with E-state index in [2.05, 4.69) is 32.1 Å². The molecule has 0 spiro atoms. The van der Waals surface area contributed by atoms with Crippen LogP contribution in [0.25, 0.3) is 0 Å². The second kappa shape index (κ2) is 2.84. The van der Waals surface area contributed by atoms with Gasteiger partial charge in [0.1, 0.15) is 0 Å². The maximum atomic E-state index is 5.12. The Balaban J connectivity index is 2.17. The summed E-state index contributed by atoms with van der Waals surface area (Å²) in [4.78, 5) is 0. The van der Waals surface area contributed by atoms with E-state index in [0.29, 0.717) is 6.04 Å². The first-order valence-electron chi connectivity index (χ1n) is 4.70. The topological polar surface area (TPSA) is 27.1 Å². The van der Waals surface area contributed by atoms with Crippen molar-refractivity contribution in [3.8, 4) is 0 Å². The summed E-state index contributed by atoms with van der Waals surface area (Å²) in [6.07, 6.45) is 4.09. The Hall–Kier alpha value is -0.830. The van der Waals surface area contributed by atoms with Crippen molar-refractivity contribution >= 4 is 0 Å². The van der Waals surface area contributed by atoms with Crippen LogP contribution < -0.4 is 0 Å². The van der Waals surface area contributed by atoms with E-state index in [1.165, 1.54) is 5.56 Å². The first-order valence-corrected chi connectivity index (χ1v) is 4.70. The average molecular weight is 180 g/mol. The summed E-state index contributed by atoms with van der Waals surface area (Å²) in [7, 11) is 0. The molecule has 0 saturated carbocycles. The van der Waals surface area contributed by atoms with Gasteiger partial charge in [-0.1, -0.05) is 20.8 Å². The van der Waals surface area contributed by atoms with E-state index in [-0.39, 0.29) is 5.41 Å². The fourth-order valence-corrected chi connectivity index (χ4v) is 1.30. The SMILES string of the molecule is CC(C)(C)c1cnn(C2COC2)c1. The van der Waals surface area contributed by atoms with Crippen molar-refractivity contribution in [2.75, 3.05) is 13.2 Å². The highest BCUT2D eigenvalue weighted by Crippen LogP contribution is 2.24. The lowest BCUT2D eigenvalue weighted by Crippen LogP contribution is -2.30. The van der Waals surface area contributed by atoms with Crippen LogP contribution in [0.2, 0.25) is 0 Å². The van der Waals surface area contributed by atoms with Crippen molar-refractivity contribution in [1.82, 2.24) is 9.78 Å². The molecule has 3 nitrogen and oxygen atoms in total. The van der Waals surface area contributed by atoms with Crippen molar-refractivity contribution in [1.29, 1.82) is 0 Å². The van der Waals surface area contributed by atoms with Gasteiger partial charge in [0.25, 0.3) is 0 Å². The Labute approximate surface area is 78.7 Å². The van der Waals surface area contributed by atoms with Crippen molar-refractivity contribution in [2.24, 2.45) is 0 Å². The van der Waals surface area contributed by atoms with E-state index >= 15 is 0 Å². The van der Waals surface area contributed by atoms with Gasteiger partial charge in [-0.15, -0.1) is 0 Å². The Bertz CT molecular complexity index is 294. The van der Waals surface area contributed by atoms with Gasteiger partial charge in [0.15, 0.2) is 0 Å². The maximum absolute atomic E-state index is 5.12. The predicted octanol–water partition coefficient (Wildman–Crippen LogP) is 1.75. The summed E-state index contributed by atoms with van der Waals surface area (Å²) in [5.41, 5.74) is 1.49. The van der Waals surface area contributed by atoms with Gasteiger partial charge >= 0.3 is 0 Å². The molecular formula is C10H16N2O. The van der Waals surface area contributed by atoms with Gasteiger partial charge in [0, 0.05) is 6.20 Å². The van der Waals surface area contributed by atoms with Crippen molar-refractivity contribution in [3.63, 3.8) is 0 Å². The molecule has 1 aliphatic rings. The van der Waals surface area contributed by atoms with Crippen LogP contribution in [-0.4, -0.2) is 23.0 Å². The molecule has 0 aliphatic carbocycles. The van der Waals surface area contributed by atoms with E-state index in [1.54, 1.807) is 0 Å². The average Bonchev–Trinajstić information content (AvgIpc) is 2.29. The third-order valence-corrected chi connectivity index (χ3v) is 2.46. The standard InChI is InChI=1S/C10H16N2O/c1-10(2,3)8-4-11-12(5-8)9-6-13-7-9/h4-5,9H,6-7H2,1-3H3. The van der Waals surface area contributed by atoms with E-state index in [4.69, 9.17) is 4.74 Å². The summed E-state index contributed by atoms with van der Waals surface area (Å²) in [6.45, 7) is 8.22. The third-order valence-electron chi connectivity index (χ3n) is 2.46. The smallest absolute Gasteiger partial charge is 0.0985 e. The monoisotopic (exact) mass is 180 g/mol. The highest BCUT2D eigenvalue weighted by Gasteiger charge is 2.23. The molecule has 2 heterocycles. The van der Waals surface area contributed by atoms with Crippen LogP contribution in [0.4, 0.5) is 0 Å². The van der Waals surface area contributed by atoms with E-state index in [1.807, 2.05) is 10.9 Å². The first-order chi connectivity index (χ1) is 6.07. The maximum Gasteiger partial charge on any atom is 0.0985 e. The van der Waals surface area contributed by atoms with Gasteiger partial charge < -0.3 is 4.74 Å². The Morgan fingerprint density at radius 2 is 2.15 bits per heavy atom. The van der Waals surface area contributed by atoms with Gasteiger partial charge in [-0.2, -0.15) is 5.10 Å². The molecule has 1 aliphatic heterocycles. The normalized spacial score (nSPS) is 18.7. The van der Waals surface area contributed by atoms with Crippen LogP contribution in [0.5, 0.6) is 0 Å². The summed E-state index contributed by atoms with van der Waals surface area (Å²) >= 11 is 0. The fourth-order valence-electron chi connectivity index (χ4n) is 1.30. The molecule has 1 aromatic rings. The second-order valence-corrected chi connectivity index (χ2v) is 4.65. The van der Waals surface area contributed by atoms with Crippen LogP contribution in [-0.2, 0) is 10.2 Å². The Morgan fingerprint density at radius 1 is 1.46 bits per heavy atom. The Morgan fingerprint density at radius 3 is 2.54 bits per heavy atom. The zero-order chi connectivity index (χ0) is 9.47. The van der Waals surface area contributed by atoms with E-state index < -0.39 is 0 Å². The van der Waals surface area contributed by atoms with E-state index in [9.17, 15) is 0 Å². The summed E-state index contributed by atoms with van der Waals surface area (Å²) < 4.78 is 7.14. The molecular weight excluding hydrogens is 164 g/mol. The van der Waals surface area contributed by atoms with Crippen molar-refractivity contribution < 1.29 is 4.74 Å². The lowest BCUT2D eigenvalue weighted by Gasteiger charge is -2.26. The van der Waals surface area contributed by atoms with Gasteiger partial charge in [-0.3, -0.25) is 4.68 Å². The lowest BCUT2D eigenvalue weighted by atomic mass is 9.90. The molecule has 0 N–H and O–H groups in total. The number of rotatable bonds is 1. The molecule has 0 aromatic carbocycles. The zero-order valence-electron chi connectivity index (χ0n) is 8.45. The molecule has 13 heavy (non-hydrogen) atoms. The lowest BCUT2D eigenvalue weighted by molar-refractivity contribution is -0.0287. The molecule has 1 fully saturated rings. The van der Waals surface area contributed by atoms with Crippen molar-refractivity contribution in [3.05, 3.63) is 18.0 Å². The van der Waals surface area contributed by atoms with Crippen LogP contribution in [0.3, 0.4) is 0 Å². The van der Waals surface area contributed by atoms with Gasteiger partial charge in [-0.05, 0) is 11.0 Å².